The number of nitrogens with one attached hydrogen (secondary N) is 2. The van der Waals surface area contributed by atoms with Crippen molar-refractivity contribution < 1.29 is 4.74 Å². The van der Waals surface area contributed by atoms with Gasteiger partial charge in [0.15, 0.2) is 0 Å². The molecule has 0 fully saturated rings. The van der Waals surface area contributed by atoms with Crippen LogP contribution in [0.5, 0.6) is 5.75 Å². The molecule has 4 nitrogen and oxygen atoms in total. The van der Waals surface area contributed by atoms with Crippen LogP contribution in [0, 0.1) is 5.92 Å². The zero-order chi connectivity index (χ0) is 14.2. The Labute approximate surface area is 124 Å². The van der Waals surface area contributed by atoms with Gasteiger partial charge < -0.3 is 10.1 Å². The van der Waals surface area contributed by atoms with Crippen LogP contribution >= 0.6 is 11.8 Å². The molecule has 1 aromatic carbocycles. The Hall–Kier alpha value is -1.46. The van der Waals surface area contributed by atoms with Gasteiger partial charge in [-0.2, -0.15) is 5.10 Å². The van der Waals surface area contributed by atoms with Crippen LogP contribution in [-0.2, 0) is 6.54 Å². The Bertz CT molecular complexity index is 502. The van der Waals surface area contributed by atoms with E-state index in [-0.39, 0.29) is 0 Å². The molecule has 1 atom stereocenters. The fraction of sp³-hybridized carbons (Fsp3) is 0.400. The summed E-state index contributed by atoms with van der Waals surface area (Å²) in [4.78, 5) is 1.20. The van der Waals surface area contributed by atoms with E-state index in [1.54, 1.807) is 13.3 Å². The molecule has 1 aromatic heterocycles. The van der Waals surface area contributed by atoms with E-state index in [1.165, 1.54) is 4.90 Å². The van der Waals surface area contributed by atoms with E-state index in [2.05, 4.69) is 28.5 Å². The van der Waals surface area contributed by atoms with Crippen LogP contribution in [0.3, 0.4) is 0 Å². The average molecular weight is 291 g/mol. The largest absolute Gasteiger partial charge is 0.496 e. The summed E-state index contributed by atoms with van der Waals surface area (Å²) in [7, 11) is 1.72. The maximum absolute atomic E-state index is 5.36. The second-order valence-corrected chi connectivity index (χ2v) is 5.84. The van der Waals surface area contributed by atoms with E-state index in [9.17, 15) is 0 Å². The summed E-state index contributed by atoms with van der Waals surface area (Å²) in [5.74, 6) is 2.61. The molecule has 0 aliphatic heterocycles. The first-order valence-electron chi connectivity index (χ1n) is 6.74. The first-order valence-corrected chi connectivity index (χ1v) is 7.73. The number of rotatable bonds is 8. The minimum absolute atomic E-state index is 0.591. The number of ether oxygens (including phenoxy) is 1. The zero-order valence-corrected chi connectivity index (χ0v) is 12.7. The summed E-state index contributed by atoms with van der Waals surface area (Å²) in [5.41, 5.74) is 1.12. The van der Waals surface area contributed by atoms with Crippen molar-refractivity contribution in [3.05, 3.63) is 42.2 Å². The highest BCUT2D eigenvalue weighted by molar-refractivity contribution is 7.99. The molecule has 0 amide bonds. The van der Waals surface area contributed by atoms with Crippen LogP contribution in [0.15, 0.2) is 41.4 Å². The normalized spacial score (nSPS) is 12.3. The summed E-state index contributed by atoms with van der Waals surface area (Å²) in [6.07, 6.45) is 1.78. The molecule has 0 bridgehead atoms. The van der Waals surface area contributed by atoms with Gasteiger partial charge in [-0.25, -0.2) is 0 Å². The Balaban J connectivity index is 1.70. The molecule has 2 aromatic rings. The van der Waals surface area contributed by atoms with E-state index in [4.69, 9.17) is 4.74 Å². The minimum Gasteiger partial charge on any atom is -0.496 e. The number of aromatic nitrogens is 2. The fourth-order valence-electron chi connectivity index (χ4n) is 1.87. The summed E-state index contributed by atoms with van der Waals surface area (Å²) in [6.45, 7) is 4.08. The van der Waals surface area contributed by atoms with Gasteiger partial charge in [-0.3, -0.25) is 5.10 Å². The molecule has 1 heterocycles. The van der Waals surface area contributed by atoms with Crippen LogP contribution in [0.25, 0.3) is 0 Å². The second-order valence-electron chi connectivity index (χ2n) is 4.78. The lowest BCUT2D eigenvalue weighted by atomic mass is 10.2. The third-order valence-electron chi connectivity index (χ3n) is 2.96. The van der Waals surface area contributed by atoms with E-state index >= 15 is 0 Å². The Kier molecular flexibility index (Phi) is 5.95. The van der Waals surface area contributed by atoms with Gasteiger partial charge in [0.2, 0.25) is 0 Å². The highest BCUT2D eigenvalue weighted by Gasteiger charge is 2.06. The Morgan fingerprint density at radius 1 is 1.35 bits per heavy atom. The molecule has 5 heteroatoms. The van der Waals surface area contributed by atoms with Crippen molar-refractivity contribution in [2.24, 2.45) is 5.92 Å². The number of nitrogens with zero attached hydrogens (tertiary/aromatic N) is 1. The predicted octanol–water partition coefficient (Wildman–Crippen LogP) is 2.94. The SMILES string of the molecule is COc1ccccc1SCC(C)CNCc1ccn[nH]1. The highest BCUT2D eigenvalue weighted by atomic mass is 32.2. The molecular formula is C15H21N3OS. The van der Waals surface area contributed by atoms with Crippen molar-refractivity contribution >= 4 is 11.8 Å². The molecule has 0 aliphatic rings. The minimum atomic E-state index is 0.591. The molecule has 108 valence electrons. The molecule has 2 rings (SSSR count). The number of H-pyrrole nitrogens is 1. The van der Waals surface area contributed by atoms with E-state index in [1.807, 2.05) is 36.0 Å². The van der Waals surface area contributed by atoms with Crippen molar-refractivity contribution in [1.29, 1.82) is 0 Å². The van der Waals surface area contributed by atoms with Gasteiger partial charge in [-0.05, 0) is 30.7 Å². The lowest BCUT2D eigenvalue weighted by Crippen LogP contribution is -2.22. The summed E-state index contributed by atoms with van der Waals surface area (Å²) in [5, 5.41) is 10.3. The van der Waals surface area contributed by atoms with E-state index < -0.39 is 0 Å². The predicted molar refractivity (Wildman–Crippen MR) is 83.2 cm³/mol. The number of methoxy groups -OCH3 is 1. The third-order valence-corrected chi connectivity index (χ3v) is 4.34. The zero-order valence-electron chi connectivity index (χ0n) is 11.9. The van der Waals surface area contributed by atoms with Crippen LogP contribution < -0.4 is 10.1 Å². The molecule has 0 saturated carbocycles. The molecule has 0 spiro atoms. The molecule has 0 radical (unpaired) electrons. The van der Waals surface area contributed by atoms with Crippen LogP contribution in [0.1, 0.15) is 12.6 Å². The molecule has 1 unspecified atom stereocenters. The van der Waals surface area contributed by atoms with Gasteiger partial charge >= 0.3 is 0 Å². The number of thioether (sulfide) groups is 1. The maximum Gasteiger partial charge on any atom is 0.132 e. The van der Waals surface area contributed by atoms with Gasteiger partial charge in [0.1, 0.15) is 5.75 Å². The quantitative estimate of drug-likeness (QED) is 0.734. The number of aromatic amines is 1. The fourth-order valence-corrected chi connectivity index (χ4v) is 2.92. The first kappa shape index (κ1) is 14.9. The smallest absolute Gasteiger partial charge is 0.132 e. The molecule has 0 aliphatic carbocycles. The van der Waals surface area contributed by atoms with Crippen molar-refractivity contribution in [2.45, 2.75) is 18.4 Å². The standard InChI is InChI=1S/C15H21N3OS/c1-12(9-16-10-13-7-8-17-18-13)11-20-15-6-4-3-5-14(15)19-2/h3-8,12,16H,9-11H2,1-2H3,(H,17,18). The number of para-hydroxylation sites is 1. The topological polar surface area (TPSA) is 49.9 Å². The number of benzene rings is 1. The lowest BCUT2D eigenvalue weighted by Gasteiger charge is -2.13. The highest BCUT2D eigenvalue weighted by Crippen LogP contribution is 2.29. The third kappa shape index (κ3) is 4.58. The van der Waals surface area contributed by atoms with Crippen molar-refractivity contribution in [3.63, 3.8) is 0 Å². The van der Waals surface area contributed by atoms with Crippen LogP contribution in [0.2, 0.25) is 0 Å². The van der Waals surface area contributed by atoms with Crippen LogP contribution in [-0.4, -0.2) is 29.6 Å². The van der Waals surface area contributed by atoms with Crippen molar-refractivity contribution in [1.82, 2.24) is 15.5 Å². The molecule has 0 saturated heterocycles. The number of hydrogen-bond donors (Lipinski definition) is 2. The monoisotopic (exact) mass is 291 g/mol. The molecule has 2 N–H and O–H groups in total. The van der Waals surface area contributed by atoms with Gasteiger partial charge in [0.25, 0.3) is 0 Å². The maximum atomic E-state index is 5.36. The summed E-state index contributed by atoms with van der Waals surface area (Å²) < 4.78 is 5.36. The Morgan fingerprint density at radius 3 is 2.95 bits per heavy atom. The summed E-state index contributed by atoms with van der Waals surface area (Å²) >= 11 is 1.84. The molecule has 20 heavy (non-hydrogen) atoms. The van der Waals surface area contributed by atoms with Gasteiger partial charge in [-0.15, -0.1) is 11.8 Å². The first-order chi connectivity index (χ1) is 9.79. The van der Waals surface area contributed by atoms with E-state index in [0.29, 0.717) is 5.92 Å². The van der Waals surface area contributed by atoms with Crippen LogP contribution in [0.4, 0.5) is 0 Å². The van der Waals surface area contributed by atoms with Crippen molar-refractivity contribution in [2.75, 3.05) is 19.4 Å². The molecular weight excluding hydrogens is 270 g/mol. The van der Waals surface area contributed by atoms with E-state index in [0.717, 1.165) is 30.3 Å². The van der Waals surface area contributed by atoms with Gasteiger partial charge in [0, 0.05) is 29.1 Å². The Morgan fingerprint density at radius 2 is 2.20 bits per heavy atom. The second kappa shape index (κ2) is 7.97. The lowest BCUT2D eigenvalue weighted by molar-refractivity contribution is 0.404. The van der Waals surface area contributed by atoms with Gasteiger partial charge in [-0.1, -0.05) is 19.1 Å². The summed E-state index contributed by atoms with van der Waals surface area (Å²) in [6, 6.07) is 10.1. The van der Waals surface area contributed by atoms with Gasteiger partial charge in [0.05, 0.1) is 7.11 Å². The number of hydrogen-bond acceptors (Lipinski definition) is 4. The van der Waals surface area contributed by atoms with Crippen molar-refractivity contribution in [3.8, 4) is 5.75 Å². The average Bonchev–Trinajstić information content (AvgIpc) is 2.98.